The summed E-state index contributed by atoms with van der Waals surface area (Å²) in [6, 6.07) is 12.4. The molecule has 0 bridgehead atoms. The molecule has 2 aromatic heterocycles. The van der Waals surface area contributed by atoms with Gasteiger partial charge in [0.15, 0.2) is 11.4 Å². The number of halogens is 3. The lowest BCUT2D eigenvalue weighted by atomic mass is 9.85. The summed E-state index contributed by atoms with van der Waals surface area (Å²) in [5, 5.41) is 3.02. The van der Waals surface area contributed by atoms with E-state index in [1.165, 1.54) is 18.2 Å². The number of benzene rings is 2. The van der Waals surface area contributed by atoms with E-state index in [2.05, 4.69) is 10.3 Å². The lowest BCUT2D eigenvalue weighted by Crippen LogP contribution is -2.33. The smallest absolute Gasteiger partial charge is 0.270 e. The number of carbonyl (C=O) groups is 1. The van der Waals surface area contributed by atoms with Crippen LogP contribution in [0.5, 0.6) is 5.75 Å². The highest BCUT2D eigenvalue weighted by molar-refractivity contribution is 5.95. The molecule has 0 fully saturated rings. The molecule has 1 radical (unpaired) electrons. The Morgan fingerprint density at radius 1 is 1.06 bits per heavy atom. The molecule has 4 rings (SSSR count). The van der Waals surface area contributed by atoms with Gasteiger partial charge < -0.3 is 10.1 Å². The van der Waals surface area contributed by atoms with E-state index in [-0.39, 0.29) is 35.1 Å². The number of nitrogens with zero attached hydrogens (tertiary/aromatic N) is 2. The Kier molecular flexibility index (Phi) is 7.06. The summed E-state index contributed by atoms with van der Waals surface area (Å²) in [6.45, 7) is 7.40. The molecule has 0 saturated carbocycles. The Morgan fingerprint density at radius 2 is 1.72 bits per heavy atom. The van der Waals surface area contributed by atoms with Gasteiger partial charge in [0.2, 0.25) is 0 Å². The molecule has 8 heteroatoms. The number of aryl methyl sites for hydroxylation is 1. The van der Waals surface area contributed by atoms with Gasteiger partial charge in [-0.15, -0.1) is 0 Å². The van der Waals surface area contributed by atoms with Crippen LogP contribution in [0.1, 0.15) is 54.1 Å². The Balaban J connectivity index is 1.63. The van der Waals surface area contributed by atoms with Gasteiger partial charge in [-0.3, -0.25) is 9.20 Å². The number of rotatable bonds is 7. The number of hydrogen-bond acceptors (Lipinski definition) is 3. The number of nitrogens with one attached hydrogen (secondary N) is 1. The van der Waals surface area contributed by atoms with E-state index < -0.39 is 17.7 Å². The maximum absolute atomic E-state index is 14.0. The molecule has 5 nitrogen and oxygen atoms in total. The van der Waals surface area contributed by atoms with Crippen LogP contribution >= 0.6 is 0 Å². The van der Waals surface area contributed by atoms with Crippen LogP contribution in [0, 0.1) is 36.2 Å². The van der Waals surface area contributed by atoms with Crippen LogP contribution in [0.15, 0.2) is 60.8 Å². The molecule has 0 aliphatic heterocycles. The van der Waals surface area contributed by atoms with Crippen LogP contribution < -0.4 is 10.1 Å². The third-order valence-corrected chi connectivity index (χ3v) is 5.62. The molecule has 1 atom stereocenters. The minimum atomic E-state index is -0.705. The first-order valence-electron chi connectivity index (χ1n) is 11.5. The highest BCUT2D eigenvalue weighted by Crippen LogP contribution is 2.30. The van der Waals surface area contributed by atoms with Gasteiger partial charge in [-0.25, -0.2) is 18.2 Å². The van der Waals surface area contributed by atoms with Crippen molar-refractivity contribution >= 4 is 11.6 Å². The second kappa shape index (κ2) is 10.0. The fraction of sp³-hybridized carbons (Fsp3) is 0.250. The molecular weight excluding hydrogens is 467 g/mol. The predicted molar refractivity (Wildman–Crippen MR) is 131 cm³/mol. The normalized spacial score (nSPS) is 12.5. The summed E-state index contributed by atoms with van der Waals surface area (Å²) >= 11 is 0. The average molecular weight is 495 g/mol. The number of fused-ring (bicyclic) bond motifs is 1. The summed E-state index contributed by atoms with van der Waals surface area (Å²) in [7, 11) is 0. The van der Waals surface area contributed by atoms with E-state index >= 15 is 0 Å². The first kappa shape index (κ1) is 25.3. The van der Waals surface area contributed by atoms with Crippen LogP contribution in [-0.2, 0) is 6.61 Å². The van der Waals surface area contributed by atoms with E-state index in [1.54, 1.807) is 41.8 Å². The Morgan fingerprint density at radius 3 is 2.36 bits per heavy atom. The standard InChI is InChI=1S/C28H27F3N3O2/c1-17-25(27(35)33-23(15-28(2,3)4)18-10-12-19(29)13-11-18)34-14-6-9-24(26(34)32-17)36-16-20-21(30)7-5-8-22(20)31/h5-15,23H,16H2,1-4H3,(H,33,35). The molecule has 0 saturated heterocycles. The summed E-state index contributed by atoms with van der Waals surface area (Å²) in [5.41, 5.74) is 1.40. The minimum absolute atomic E-state index is 0.194. The van der Waals surface area contributed by atoms with E-state index in [1.807, 2.05) is 27.2 Å². The average Bonchev–Trinajstić information content (AvgIpc) is 3.14. The zero-order valence-corrected chi connectivity index (χ0v) is 20.5. The Hall–Kier alpha value is -3.81. The van der Waals surface area contributed by atoms with Gasteiger partial charge in [-0.05, 0) is 60.7 Å². The third-order valence-electron chi connectivity index (χ3n) is 5.62. The molecule has 1 unspecified atom stereocenters. The lowest BCUT2D eigenvalue weighted by molar-refractivity contribution is 0.0932. The van der Waals surface area contributed by atoms with Crippen molar-refractivity contribution < 1.29 is 22.7 Å². The second-order valence-electron chi connectivity index (χ2n) is 9.64. The fourth-order valence-electron chi connectivity index (χ4n) is 3.96. The van der Waals surface area contributed by atoms with Gasteiger partial charge >= 0.3 is 0 Å². The largest absolute Gasteiger partial charge is 0.485 e. The van der Waals surface area contributed by atoms with Crippen molar-refractivity contribution in [3.05, 3.63) is 107 Å². The van der Waals surface area contributed by atoms with E-state index in [4.69, 9.17) is 4.74 Å². The minimum Gasteiger partial charge on any atom is -0.485 e. The zero-order chi connectivity index (χ0) is 26.0. The van der Waals surface area contributed by atoms with Crippen LogP contribution in [0.2, 0.25) is 0 Å². The van der Waals surface area contributed by atoms with Crippen molar-refractivity contribution in [2.75, 3.05) is 0 Å². The molecule has 0 spiro atoms. The molecule has 0 aliphatic rings. The molecule has 0 aliphatic carbocycles. The molecule has 1 amide bonds. The topological polar surface area (TPSA) is 55.6 Å². The van der Waals surface area contributed by atoms with Gasteiger partial charge in [-0.1, -0.05) is 39.0 Å². The molecule has 2 aromatic carbocycles. The first-order valence-corrected chi connectivity index (χ1v) is 11.5. The number of hydrogen-bond donors (Lipinski definition) is 1. The van der Waals surface area contributed by atoms with Gasteiger partial charge in [-0.2, -0.15) is 0 Å². The quantitative estimate of drug-likeness (QED) is 0.325. The Bertz CT molecular complexity index is 1370. The van der Waals surface area contributed by atoms with Crippen LogP contribution in [0.4, 0.5) is 13.2 Å². The van der Waals surface area contributed by atoms with E-state index in [0.717, 1.165) is 17.7 Å². The van der Waals surface area contributed by atoms with Crippen molar-refractivity contribution in [2.45, 2.75) is 40.3 Å². The SMILES string of the molecule is Cc1nc2c(OCc3c(F)cccc3F)cccn2c1C(=O)NC([CH]C(C)(C)C)c1ccc(F)cc1. The maximum Gasteiger partial charge on any atom is 0.270 e. The highest BCUT2D eigenvalue weighted by Gasteiger charge is 2.26. The van der Waals surface area contributed by atoms with Crippen LogP contribution in [0.25, 0.3) is 5.65 Å². The molecule has 187 valence electrons. The number of pyridine rings is 1. The molecule has 36 heavy (non-hydrogen) atoms. The summed E-state index contributed by atoms with van der Waals surface area (Å²) in [5.74, 6) is -1.88. The number of imidazole rings is 1. The molecular formula is C28H27F3N3O2. The fourth-order valence-corrected chi connectivity index (χ4v) is 3.96. The molecule has 4 aromatic rings. The van der Waals surface area contributed by atoms with E-state index in [0.29, 0.717) is 17.0 Å². The zero-order valence-electron chi connectivity index (χ0n) is 20.5. The van der Waals surface area contributed by atoms with Crippen molar-refractivity contribution in [1.29, 1.82) is 0 Å². The maximum atomic E-state index is 14.0. The monoisotopic (exact) mass is 494 g/mol. The highest BCUT2D eigenvalue weighted by atomic mass is 19.1. The second-order valence-corrected chi connectivity index (χ2v) is 9.64. The number of aromatic nitrogens is 2. The molecule has 2 heterocycles. The van der Waals surface area contributed by atoms with Gasteiger partial charge in [0.05, 0.1) is 17.3 Å². The number of ether oxygens (including phenoxy) is 1. The van der Waals surface area contributed by atoms with E-state index in [9.17, 15) is 18.0 Å². The number of amides is 1. The van der Waals surface area contributed by atoms with Crippen LogP contribution in [-0.4, -0.2) is 15.3 Å². The molecule has 1 N–H and O–H groups in total. The van der Waals surface area contributed by atoms with Crippen molar-refractivity contribution in [3.63, 3.8) is 0 Å². The van der Waals surface area contributed by atoms with Crippen molar-refractivity contribution in [1.82, 2.24) is 14.7 Å². The van der Waals surface area contributed by atoms with Gasteiger partial charge in [0, 0.05) is 6.20 Å². The predicted octanol–water partition coefficient (Wildman–Crippen LogP) is 6.36. The summed E-state index contributed by atoms with van der Waals surface area (Å²) in [4.78, 5) is 17.9. The third kappa shape index (κ3) is 5.53. The van der Waals surface area contributed by atoms with Crippen LogP contribution in [0.3, 0.4) is 0 Å². The lowest BCUT2D eigenvalue weighted by Gasteiger charge is -2.27. The summed E-state index contributed by atoms with van der Waals surface area (Å²) in [6.07, 6.45) is 3.65. The van der Waals surface area contributed by atoms with Gasteiger partial charge in [0.1, 0.15) is 29.8 Å². The Labute approximate surface area is 207 Å². The summed E-state index contributed by atoms with van der Waals surface area (Å²) < 4.78 is 48.8. The van der Waals surface area contributed by atoms with Gasteiger partial charge in [0.25, 0.3) is 5.91 Å². The van der Waals surface area contributed by atoms with Crippen molar-refractivity contribution in [3.8, 4) is 5.75 Å². The van der Waals surface area contributed by atoms with Crippen molar-refractivity contribution in [2.24, 2.45) is 5.41 Å². The number of carbonyl (C=O) groups excluding carboxylic acids is 1. The first-order chi connectivity index (χ1) is 17.0.